The van der Waals surface area contributed by atoms with Crippen LogP contribution in [0.4, 0.5) is 10.3 Å². The molecule has 120 valence electrons. The second-order valence-corrected chi connectivity index (χ2v) is 5.73. The average molecular weight is 314 g/mol. The molecule has 1 fully saturated rings. The third kappa shape index (κ3) is 3.02. The van der Waals surface area contributed by atoms with E-state index in [1.54, 1.807) is 36.2 Å². The number of piperidine rings is 1. The van der Waals surface area contributed by atoms with E-state index in [1.165, 1.54) is 6.07 Å². The standard InChI is InChI=1S/C17H19FN4O/c1-11(23)22-9-5-4-8-15(22)16-13(10-20-17(19)21-16)12-6-2-3-7-14(12)18/h2-3,6-7,10,15H,4-5,8-9H2,1H3,(H2,19,20,21)/t15-/m1/s1. The van der Waals surface area contributed by atoms with Crippen LogP contribution in [0.3, 0.4) is 0 Å². The Labute approximate surface area is 134 Å². The molecule has 5 nitrogen and oxygen atoms in total. The van der Waals surface area contributed by atoms with Gasteiger partial charge in [-0.2, -0.15) is 0 Å². The summed E-state index contributed by atoms with van der Waals surface area (Å²) in [5, 5.41) is 0. The van der Waals surface area contributed by atoms with Crippen LogP contribution < -0.4 is 5.73 Å². The number of nitrogens with two attached hydrogens (primary N) is 1. The Morgan fingerprint density at radius 3 is 2.83 bits per heavy atom. The number of anilines is 1. The summed E-state index contributed by atoms with van der Waals surface area (Å²) in [6.07, 6.45) is 4.29. The molecule has 0 spiro atoms. The van der Waals surface area contributed by atoms with Crippen LogP contribution in [0, 0.1) is 5.82 Å². The topological polar surface area (TPSA) is 72.1 Å². The molecule has 2 N–H and O–H groups in total. The maximum absolute atomic E-state index is 14.2. The highest BCUT2D eigenvalue weighted by molar-refractivity contribution is 5.75. The molecule has 6 heteroatoms. The lowest BCUT2D eigenvalue weighted by atomic mass is 9.93. The van der Waals surface area contributed by atoms with E-state index in [9.17, 15) is 9.18 Å². The second kappa shape index (κ2) is 6.32. The van der Waals surface area contributed by atoms with Crippen LogP contribution in [0.15, 0.2) is 30.5 Å². The smallest absolute Gasteiger partial charge is 0.220 e. The van der Waals surface area contributed by atoms with Crippen molar-refractivity contribution in [2.75, 3.05) is 12.3 Å². The number of amides is 1. The minimum absolute atomic E-state index is 0.00799. The van der Waals surface area contributed by atoms with Gasteiger partial charge in [-0.05, 0) is 25.3 Å². The molecule has 0 unspecified atom stereocenters. The van der Waals surface area contributed by atoms with Gasteiger partial charge >= 0.3 is 0 Å². The first kappa shape index (κ1) is 15.4. The Balaban J connectivity index is 2.13. The number of carbonyl (C=O) groups is 1. The normalized spacial score (nSPS) is 18.0. The fraction of sp³-hybridized carbons (Fsp3) is 0.353. The largest absolute Gasteiger partial charge is 0.368 e. The van der Waals surface area contributed by atoms with Gasteiger partial charge in [-0.15, -0.1) is 0 Å². The number of nitrogen functional groups attached to an aromatic ring is 1. The SMILES string of the molecule is CC(=O)N1CCCC[C@@H]1c1nc(N)ncc1-c1ccccc1F. The van der Waals surface area contributed by atoms with Gasteiger partial charge in [-0.3, -0.25) is 4.79 Å². The summed E-state index contributed by atoms with van der Waals surface area (Å²) in [7, 11) is 0. The van der Waals surface area contributed by atoms with Gasteiger partial charge in [0.2, 0.25) is 11.9 Å². The monoisotopic (exact) mass is 314 g/mol. The van der Waals surface area contributed by atoms with Crippen molar-refractivity contribution in [2.24, 2.45) is 0 Å². The maximum Gasteiger partial charge on any atom is 0.220 e. The lowest BCUT2D eigenvalue weighted by Crippen LogP contribution is -2.37. The predicted octanol–water partition coefficient (Wildman–Crippen LogP) is 2.94. The molecule has 23 heavy (non-hydrogen) atoms. The molecule has 1 saturated heterocycles. The molecule has 0 aliphatic carbocycles. The maximum atomic E-state index is 14.2. The van der Waals surface area contributed by atoms with E-state index in [4.69, 9.17) is 5.73 Å². The highest BCUT2D eigenvalue weighted by atomic mass is 19.1. The summed E-state index contributed by atoms with van der Waals surface area (Å²) in [6.45, 7) is 2.23. The van der Waals surface area contributed by atoms with Crippen LogP contribution in [0.1, 0.15) is 37.9 Å². The van der Waals surface area contributed by atoms with Gasteiger partial charge in [0.15, 0.2) is 0 Å². The number of nitrogens with zero attached hydrogens (tertiary/aromatic N) is 3. The summed E-state index contributed by atoms with van der Waals surface area (Å²) in [5.41, 5.74) is 7.40. The molecular weight excluding hydrogens is 295 g/mol. The van der Waals surface area contributed by atoms with Gasteiger partial charge in [0, 0.05) is 30.8 Å². The van der Waals surface area contributed by atoms with Crippen LogP contribution in [0.5, 0.6) is 0 Å². The van der Waals surface area contributed by atoms with E-state index in [2.05, 4.69) is 9.97 Å². The summed E-state index contributed by atoms with van der Waals surface area (Å²) in [6, 6.07) is 6.30. The van der Waals surface area contributed by atoms with Crippen LogP contribution in [0.2, 0.25) is 0 Å². The number of hydrogen-bond donors (Lipinski definition) is 1. The first-order valence-electron chi connectivity index (χ1n) is 7.72. The molecular formula is C17H19FN4O. The Hall–Kier alpha value is -2.50. The molecule has 1 atom stereocenters. The van der Waals surface area contributed by atoms with Gasteiger partial charge in [-0.1, -0.05) is 18.2 Å². The van der Waals surface area contributed by atoms with E-state index in [1.807, 2.05) is 0 Å². The summed E-state index contributed by atoms with van der Waals surface area (Å²) in [5.74, 6) is -0.215. The zero-order chi connectivity index (χ0) is 16.4. The van der Waals surface area contributed by atoms with Crippen molar-refractivity contribution in [2.45, 2.75) is 32.2 Å². The van der Waals surface area contributed by atoms with E-state index in [-0.39, 0.29) is 23.7 Å². The van der Waals surface area contributed by atoms with Crippen LogP contribution in [-0.4, -0.2) is 27.3 Å². The van der Waals surface area contributed by atoms with Gasteiger partial charge in [0.25, 0.3) is 0 Å². The molecule has 2 heterocycles. The second-order valence-electron chi connectivity index (χ2n) is 5.73. The first-order chi connectivity index (χ1) is 11.1. The summed E-state index contributed by atoms with van der Waals surface area (Å²) >= 11 is 0. The molecule has 0 radical (unpaired) electrons. The Bertz CT molecular complexity index is 734. The van der Waals surface area contributed by atoms with Crippen LogP contribution in [-0.2, 0) is 4.79 Å². The first-order valence-corrected chi connectivity index (χ1v) is 7.72. The number of halogens is 1. The fourth-order valence-electron chi connectivity index (χ4n) is 3.14. The predicted molar refractivity (Wildman–Crippen MR) is 85.8 cm³/mol. The molecule has 0 bridgehead atoms. The molecule has 3 rings (SSSR count). The van der Waals surface area contributed by atoms with E-state index in [0.717, 1.165) is 19.3 Å². The number of carbonyl (C=O) groups excluding carboxylic acids is 1. The summed E-state index contributed by atoms with van der Waals surface area (Å²) < 4.78 is 14.2. The third-order valence-corrected chi connectivity index (χ3v) is 4.22. The Morgan fingerprint density at radius 2 is 2.09 bits per heavy atom. The van der Waals surface area contributed by atoms with Crippen molar-refractivity contribution >= 4 is 11.9 Å². The zero-order valence-corrected chi connectivity index (χ0v) is 13.0. The highest BCUT2D eigenvalue weighted by Crippen LogP contribution is 2.36. The molecule has 0 saturated carbocycles. The van der Waals surface area contributed by atoms with Crippen molar-refractivity contribution in [3.05, 3.63) is 42.0 Å². The van der Waals surface area contributed by atoms with Gasteiger partial charge in [-0.25, -0.2) is 14.4 Å². The summed E-state index contributed by atoms with van der Waals surface area (Å²) in [4.78, 5) is 22.1. The number of aromatic nitrogens is 2. The van der Waals surface area contributed by atoms with Crippen molar-refractivity contribution in [3.8, 4) is 11.1 Å². The molecule has 2 aromatic rings. The Kier molecular flexibility index (Phi) is 4.23. The number of likely N-dealkylation sites (tertiary alicyclic amines) is 1. The minimum Gasteiger partial charge on any atom is -0.368 e. The van der Waals surface area contributed by atoms with Crippen molar-refractivity contribution in [1.82, 2.24) is 14.9 Å². The van der Waals surface area contributed by atoms with E-state index < -0.39 is 0 Å². The van der Waals surface area contributed by atoms with Gasteiger partial charge in [0.1, 0.15) is 5.82 Å². The van der Waals surface area contributed by atoms with Gasteiger partial charge < -0.3 is 10.6 Å². The van der Waals surface area contributed by atoms with E-state index in [0.29, 0.717) is 23.4 Å². The minimum atomic E-state index is -0.340. The number of hydrogen-bond acceptors (Lipinski definition) is 4. The van der Waals surface area contributed by atoms with Crippen LogP contribution >= 0.6 is 0 Å². The molecule has 1 aromatic carbocycles. The lowest BCUT2D eigenvalue weighted by molar-refractivity contribution is -0.132. The third-order valence-electron chi connectivity index (χ3n) is 4.22. The van der Waals surface area contributed by atoms with Crippen molar-refractivity contribution < 1.29 is 9.18 Å². The average Bonchev–Trinajstić information content (AvgIpc) is 2.55. The number of benzene rings is 1. The zero-order valence-electron chi connectivity index (χ0n) is 13.0. The van der Waals surface area contributed by atoms with Crippen LogP contribution in [0.25, 0.3) is 11.1 Å². The van der Waals surface area contributed by atoms with E-state index >= 15 is 0 Å². The molecule has 1 aliphatic heterocycles. The Morgan fingerprint density at radius 1 is 1.30 bits per heavy atom. The van der Waals surface area contributed by atoms with Crippen molar-refractivity contribution in [3.63, 3.8) is 0 Å². The molecule has 1 aromatic heterocycles. The quantitative estimate of drug-likeness (QED) is 0.925. The highest BCUT2D eigenvalue weighted by Gasteiger charge is 2.30. The molecule has 1 amide bonds. The molecule has 1 aliphatic rings. The fourth-order valence-corrected chi connectivity index (χ4v) is 3.14. The lowest BCUT2D eigenvalue weighted by Gasteiger charge is -2.35. The van der Waals surface area contributed by atoms with Crippen molar-refractivity contribution in [1.29, 1.82) is 0 Å². The van der Waals surface area contributed by atoms with Gasteiger partial charge in [0.05, 0.1) is 11.7 Å². The number of rotatable bonds is 2.